The van der Waals surface area contributed by atoms with Crippen molar-refractivity contribution < 1.29 is 38.2 Å². The van der Waals surface area contributed by atoms with Crippen LogP contribution in [0.1, 0.15) is 21.9 Å². The summed E-state index contributed by atoms with van der Waals surface area (Å²) in [5, 5.41) is 11.2. The SMILES string of the molecule is COC(=O)c1ccc(CN2C(=O)N/C(=C\c3ccc(OCC(=O)O)c(I)c3)C2=O)o1. The normalized spacial score (nSPS) is 14.7. The second-order valence-electron chi connectivity index (χ2n) is 6.01. The first kappa shape index (κ1) is 21.4. The third kappa shape index (κ3) is 4.79. The van der Waals surface area contributed by atoms with E-state index >= 15 is 0 Å². The monoisotopic (exact) mass is 526 g/mol. The second kappa shape index (κ2) is 8.98. The molecule has 0 unspecified atom stereocenters. The number of amides is 3. The molecule has 2 aromatic rings. The lowest BCUT2D eigenvalue weighted by molar-refractivity contribution is -0.139. The van der Waals surface area contributed by atoms with Gasteiger partial charge in [0.1, 0.15) is 17.2 Å². The molecule has 1 aliphatic rings. The molecule has 156 valence electrons. The van der Waals surface area contributed by atoms with Gasteiger partial charge in [-0.05, 0) is 58.5 Å². The van der Waals surface area contributed by atoms with Gasteiger partial charge in [0, 0.05) is 0 Å². The third-order valence-electron chi connectivity index (χ3n) is 3.94. The molecule has 1 aromatic carbocycles. The molecule has 0 saturated carbocycles. The molecule has 0 spiro atoms. The Bertz CT molecular complexity index is 1060. The molecule has 0 atom stereocenters. The van der Waals surface area contributed by atoms with Crippen molar-refractivity contribution in [1.82, 2.24) is 10.2 Å². The first-order valence-corrected chi connectivity index (χ1v) is 9.52. The lowest BCUT2D eigenvalue weighted by Crippen LogP contribution is -2.30. The van der Waals surface area contributed by atoms with Crippen LogP contribution in [0.3, 0.4) is 0 Å². The Balaban J connectivity index is 1.73. The highest BCUT2D eigenvalue weighted by Crippen LogP contribution is 2.24. The van der Waals surface area contributed by atoms with E-state index in [0.717, 1.165) is 4.90 Å². The van der Waals surface area contributed by atoms with Gasteiger partial charge in [-0.15, -0.1) is 0 Å². The predicted octanol–water partition coefficient (Wildman–Crippen LogP) is 2.23. The van der Waals surface area contributed by atoms with E-state index in [2.05, 4.69) is 10.1 Å². The van der Waals surface area contributed by atoms with Crippen molar-refractivity contribution in [3.8, 4) is 5.75 Å². The van der Waals surface area contributed by atoms with E-state index in [9.17, 15) is 19.2 Å². The van der Waals surface area contributed by atoms with Gasteiger partial charge in [-0.3, -0.25) is 9.69 Å². The Morgan fingerprint density at radius 1 is 1.27 bits per heavy atom. The Hall–Kier alpha value is -3.35. The van der Waals surface area contributed by atoms with Gasteiger partial charge in [0.25, 0.3) is 5.91 Å². The van der Waals surface area contributed by atoms with Crippen molar-refractivity contribution in [3.63, 3.8) is 0 Å². The summed E-state index contributed by atoms with van der Waals surface area (Å²) in [6, 6.07) is 7.14. The van der Waals surface area contributed by atoms with Gasteiger partial charge in [-0.1, -0.05) is 6.07 Å². The minimum absolute atomic E-state index is 0.0323. The first-order chi connectivity index (χ1) is 14.3. The molecule has 1 aliphatic heterocycles. The van der Waals surface area contributed by atoms with Crippen LogP contribution in [0.15, 0.2) is 40.4 Å². The number of rotatable bonds is 7. The number of nitrogens with zero attached hydrogens (tertiary/aromatic N) is 1. The van der Waals surface area contributed by atoms with E-state index in [-0.39, 0.29) is 23.8 Å². The number of carbonyl (C=O) groups excluding carboxylic acids is 3. The summed E-state index contributed by atoms with van der Waals surface area (Å²) < 4.78 is 15.6. The van der Waals surface area contributed by atoms with Crippen molar-refractivity contribution in [3.05, 3.63) is 56.7 Å². The number of nitrogens with one attached hydrogen (secondary N) is 1. The molecule has 11 heteroatoms. The van der Waals surface area contributed by atoms with Gasteiger partial charge in [0.15, 0.2) is 6.61 Å². The summed E-state index contributed by atoms with van der Waals surface area (Å²) in [6.45, 7) is -0.622. The number of hydrogen-bond donors (Lipinski definition) is 2. The molecule has 2 heterocycles. The fourth-order valence-corrected chi connectivity index (χ4v) is 3.27. The maximum Gasteiger partial charge on any atom is 0.373 e. The molecule has 30 heavy (non-hydrogen) atoms. The van der Waals surface area contributed by atoms with E-state index in [1.165, 1.54) is 25.3 Å². The van der Waals surface area contributed by atoms with Crippen molar-refractivity contribution in [1.29, 1.82) is 0 Å². The molecule has 0 aliphatic carbocycles. The van der Waals surface area contributed by atoms with Crippen LogP contribution in [0.5, 0.6) is 5.75 Å². The lowest BCUT2D eigenvalue weighted by atomic mass is 10.2. The summed E-state index contributed by atoms with van der Waals surface area (Å²) >= 11 is 1.98. The Labute approximate surface area is 183 Å². The zero-order valence-corrected chi connectivity index (χ0v) is 17.7. The van der Waals surface area contributed by atoms with Crippen molar-refractivity contribution in [2.24, 2.45) is 0 Å². The molecule has 2 N–H and O–H groups in total. The molecule has 1 saturated heterocycles. The minimum atomic E-state index is -1.09. The van der Waals surface area contributed by atoms with Crippen LogP contribution >= 0.6 is 22.6 Å². The average Bonchev–Trinajstić information content (AvgIpc) is 3.27. The fraction of sp³-hybridized carbons (Fsp3) is 0.158. The van der Waals surface area contributed by atoms with Gasteiger partial charge in [-0.2, -0.15) is 0 Å². The lowest BCUT2D eigenvalue weighted by Gasteiger charge is -2.09. The summed E-state index contributed by atoms with van der Waals surface area (Å²) in [5.41, 5.74) is 0.674. The Morgan fingerprint density at radius 3 is 2.70 bits per heavy atom. The fourth-order valence-electron chi connectivity index (χ4n) is 2.57. The number of aliphatic carboxylic acids is 1. The molecule has 0 bridgehead atoms. The summed E-state index contributed by atoms with van der Waals surface area (Å²) in [6.07, 6.45) is 1.49. The molecule has 0 radical (unpaired) electrons. The molecular formula is C19H15IN2O8. The van der Waals surface area contributed by atoms with Crippen LogP contribution in [-0.2, 0) is 20.9 Å². The number of esters is 1. The average molecular weight is 526 g/mol. The summed E-state index contributed by atoms with van der Waals surface area (Å²) in [5.74, 6) is -1.71. The smallest absolute Gasteiger partial charge is 0.373 e. The highest BCUT2D eigenvalue weighted by atomic mass is 127. The van der Waals surface area contributed by atoms with E-state index < -0.39 is 30.5 Å². The summed E-state index contributed by atoms with van der Waals surface area (Å²) in [7, 11) is 1.21. The molecule has 10 nitrogen and oxygen atoms in total. The maximum absolute atomic E-state index is 12.6. The Kier molecular flexibility index (Phi) is 6.40. The van der Waals surface area contributed by atoms with E-state index in [1.807, 2.05) is 22.6 Å². The van der Waals surface area contributed by atoms with Crippen molar-refractivity contribution in [2.75, 3.05) is 13.7 Å². The van der Waals surface area contributed by atoms with Crippen molar-refractivity contribution >= 4 is 52.5 Å². The van der Waals surface area contributed by atoms with E-state index in [4.69, 9.17) is 14.3 Å². The van der Waals surface area contributed by atoms with Crippen LogP contribution in [0.25, 0.3) is 6.08 Å². The van der Waals surface area contributed by atoms with Gasteiger partial charge in [0.2, 0.25) is 5.76 Å². The van der Waals surface area contributed by atoms with Gasteiger partial charge in [0.05, 0.1) is 17.2 Å². The van der Waals surface area contributed by atoms with E-state index in [0.29, 0.717) is 14.9 Å². The van der Waals surface area contributed by atoms with Crippen LogP contribution in [-0.4, -0.2) is 47.6 Å². The number of furan rings is 1. The maximum atomic E-state index is 12.6. The number of urea groups is 1. The number of carbonyl (C=O) groups is 4. The van der Waals surface area contributed by atoms with Crippen LogP contribution < -0.4 is 10.1 Å². The number of carboxylic acids is 1. The molecule has 3 rings (SSSR count). The van der Waals surface area contributed by atoms with E-state index in [1.54, 1.807) is 18.2 Å². The number of hydrogen-bond acceptors (Lipinski definition) is 7. The largest absolute Gasteiger partial charge is 0.481 e. The van der Waals surface area contributed by atoms with Gasteiger partial charge < -0.3 is 24.3 Å². The molecule has 1 fully saturated rings. The zero-order valence-electron chi connectivity index (χ0n) is 15.5. The van der Waals surface area contributed by atoms with Crippen LogP contribution in [0.4, 0.5) is 4.79 Å². The number of halogens is 1. The van der Waals surface area contributed by atoms with Gasteiger partial charge in [-0.25, -0.2) is 14.4 Å². The molecule has 1 aromatic heterocycles. The highest BCUT2D eigenvalue weighted by Gasteiger charge is 2.34. The minimum Gasteiger partial charge on any atom is -0.481 e. The Morgan fingerprint density at radius 2 is 2.03 bits per heavy atom. The zero-order chi connectivity index (χ0) is 21.8. The first-order valence-electron chi connectivity index (χ1n) is 8.44. The van der Waals surface area contributed by atoms with Crippen molar-refractivity contribution in [2.45, 2.75) is 6.54 Å². The number of carboxylic acid groups (broad SMARTS) is 1. The number of methoxy groups -OCH3 is 1. The quantitative estimate of drug-likeness (QED) is 0.243. The third-order valence-corrected chi connectivity index (χ3v) is 4.79. The summed E-state index contributed by atoms with van der Waals surface area (Å²) in [4.78, 5) is 47.8. The predicted molar refractivity (Wildman–Crippen MR) is 109 cm³/mol. The standard InChI is InChI=1S/C19H15IN2O8/c1-28-18(26)15-5-3-11(30-15)8-22-17(25)13(21-19(22)27)7-10-2-4-14(12(20)6-10)29-9-16(23)24/h2-7H,8-9H2,1H3,(H,21,27)(H,23,24)/b13-7-. The highest BCUT2D eigenvalue weighted by molar-refractivity contribution is 14.1. The van der Waals surface area contributed by atoms with Gasteiger partial charge >= 0.3 is 18.0 Å². The molecular weight excluding hydrogens is 511 g/mol. The van der Waals surface area contributed by atoms with Crippen LogP contribution in [0, 0.1) is 3.57 Å². The number of benzene rings is 1. The van der Waals surface area contributed by atoms with Crippen LogP contribution in [0.2, 0.25) is 0 Å². The second-order valence-corrected chi connectivity index (χ2v) is 7.17. The number of ether oxygens (including phenoxy) is 2. The number of imide groups is 1. The molecule has 3 amide bonds. The topological polar surface area (TPSA) is 135 Å².